The molecule has 1 aliphatic heterocycles. The summed E-state index contributed by atoms with van der Waals surface area (Å²) in [6.07, 6.45) is 1.30. The predicted octanol–water partition coefficient (Wildman–Crippen LogP) is 4.94. The summed E-state index contributed by atoms with van der Waals surface area (Å²) in [5, 5.41) is 13.5. The number of nitrogens with one attached hydrogen (secondary N) is 1. The van der Waals surface area contributed by atoms with Gasteiger partial charge in [0.2, 0.25) is 0 Å². The summed E-state index contributed by atoms with van der Waals surface area (Å²) in [6, 6.07) is 17.7. The van der Waals surface area contributed by atoms with Crippen molar-refractivity contribution in [3.8, 4) is 5.75 Å². The fraction of sp³-hybridized carbons (Fsp3) is 0.0435. The molecule has 33 heavy (non-hydrogen) atoms. The van der Waals surface area contributed by atoms with Crippen LogP contribution in [0.25, 0.3) is 6.08 Å². The van der Waals surface area contributed by atoms with Gasteiger partial charge < -0.3 is 4.74 Å². The first-order valence-electron chi connectivity index (χ1n) is 9.61. The van der Waals surface area contributed by atoms with E-state index in [-0.39, 0.29) is 23.6 Å². The van der Waals surface area contributed by atoms with Crippen molar-refractivity contribution in [2.75, 3.05) is 5.01 Å². The number of amides is 2. The second kappa shape index (κ2) is 9.32. The predicted molar refractivity (Wildman–Crippen MR) is 124 cm³/mol. The van der Waals surface area contributed by atoms with Gasteiger partial charge in [-0.25, -0.2) is 5.01 Å². The topological polar surface area (TPSA) is 102 Å². The fourth-order valence-electron chi connectivity index (χ4n) is 3.16. The maximum atomic E-state index is 12.7. The van der Waals surface area contributed by atoms with Crippen LogP contribution in [0.4, 0.5) is 11.4 Å². The van der Waals surface area contributed by atoms with Crippen LogP contribution >= 0.6 is 23.2 Å². The zero-order valence-corrected chi connectivity index (χ0v) is 18.3. The molecule has 166 valence electrons. The Morgan fingerprint density at radius 1 is 1.00 bits per heavy atom. The van der Waals surface area contributed by atoms with E-state index in [1.165, 1.54) is 24.3 Å². The molecule has 0 unspecified atom stereocenters. The van der Waals surface area contributed by atoms with Gasteiger partial charge >= 0.3 is 5.69 Å². The molecule has 1 N–H and O–H groups in total. The van der Waals surface area contributed by atoms with Crippen molar-refractivity contribution < 1.29 is 19.2 Å². The molecule has 0 aliphatic carbocycles. The van der Waals surface area contributed by atoms with Gasteiger partial charge in [-0.1, -0.05) is 53.5 Å². The van der Waals surface area contributed by atoms with E-state index in [9.17, 15) is 19.7 Å². The van der Waals surface area contributed by atoms with Gasteiger partial charge in [0.25, 0.3) is 11.8 Å². The van der Waals surface area contributed by atoms with Gasteiger partial charge in [-0.2, -0.15) is 0 Å². The largest absolute Gasteiger partial charge is 0.482 e. The molecular formula is C23H15Cl2N3O5. The van der Waals surface area contributed by atoms with Gasteiger partial charge in [-0.15, -0.1) is 0 Å². The number of halogens is 2. The van der Waals surface area contributed by atoms with Gasteiger partial charge in [0.05, 0.1) is 20.7 Å². The van der Waals surface area contributed by atoms with Crippen molar-refractivity contribution in [3.05, 3.63) is 104 Å². The van der Waals surface area contributed by atoms with E-state index in [1.807, 2.05) is 0 Å². The number of anilines is 1. The van der Waals surface area contributed by atoms with Gasteiger partial charge in [0.15, 0.2) is 5.75 Å². The van der Waals surface area contributed by atoms with E-state index in [2.05, 4.69) is 5.43 Å². The van der Waals surface area contributed by atoms with Crippen molar-refractivity contribution in [2.45, 2.75) is 6.61 Å². The monoisotopic (exact) mass is 483 g/mol. The molecule has 1 saturated heterocycles. The third kappa shape index (κ3) is 4.82. The van der Waals surface area contributed by atoms with Crippen LogP contribution in [0.2, 0.25) is 10.0 Å². The first-order chi connectivity index (χ1) is 15.8. The second-order valence-corrected chi connectivity index (χ2v) is 7.81. The Labute approximate surface area is 198 Å². The Balaban J connectivity index is 1.57. The Morgan fingerprint density at radius 3 is 2.45 bits per heavy atom. The van der Waals surface area contributed by atoms with Crippen LogP contribution in [-0.4, -0.2) is 16.7 Å². The lowest BCUT2D eigenvalue weighted by Crippen LogP contribution is -2.35. The van der Waals surface area contributed by atoms with E-state index in [0.717, 1.165) is 5.01 Å². The minimum absolute atomic E-state index is 0.0290. The highest BCUT2D eigenvalue weighted by Gasteiger charge is 2.34. The molecule has 0 saturated carbocycles. The maximum Gasteiger partial charge on any atom is 0.311 e. The van der Waals surface area contributed by atoms with E-state index < -0.39 is 16.7 Å². The van der Waals surface area contributed by atoms with Crippen LogP contribution in [0.1, 0.15) is 11.1 Å². The summed E-state index contributed by atoms with van der Waals surface area (Å²) < 4.78 is 5.60. The maximum absolute atomic E-state index is 12.7. The van der Waals surface area contributed by atoms with Crippen molar-refractivity contribution >= 4 is 52.5 Å². The minimum atomic E-state index is -0.605. The molecule has 1 heterocycles. The first-order valence-corrected chi connectivity index (χ1v) is 10.4. The average molecular weight is 484 g/mol. The fourth-order valence-corrected chi connectivity index (χ4v) is 3.48. The number of nitrogens with zero attached hydrogens (tertiary/aromatic N) is 2. The molecule has 0 spiro atoms. The van der Waals surface area contributed by atoms with Crippen molar-refractivity contribution in [1.29, 1.82) is 0 Å². The van der Waals surface area contributed by atoms with Crippen molar-refractivity contribution in [3.63, 3.8) is 0 Å². The van der Waals surface area contributed by atoms with Gasteiger partial charge in [0, 0.05) is 6.07 Å². The molecule has 0 radical (unpaired) electrons. The number of hydrogen-bond donors (Lipinski definition) is 1. The third-order valence-corrected chi connectivity index (χ3v) is 5.51. The molecule has 10 heteroatoms. The van der Waals surface area contributed by atoms with Crippen LogP contribution in [0.3, 0.4) is 0 Å². The lowest BCUT2D eigenvalue weighted by atomic mass is 10.1. The normalized spacial score (nSPS) is 14.5. The molecule has 1 fully saturated rings. The molecule has 2 amide bonds. The molecule has 0 bridgehead atoms. The number of carbonyl (C=O) groups is 2. The minimum Gasteiger partial charge on any atom is -0.482 e. The third-order valence-electron chi connectivity index (χ3n) is 4.77. The van der Waals surface area contributed by atoms with Gasteiger partial charge in [0.1, 0.15) is 12.2 Å². The Bertz CT molecular complexity index is 1290. The summed E-state index contributed by atoms with van der Waals surface area (Å²) in [4.78, 5) is 36.1. The molecule has 4 rings (SSSR count). The SMILES string of the molecule is O=C1NN(c2ccccc2)C(=O)/C1=C\c1ccc(OCc2ccc(Cl)c(Cl)c2)c([N+](=O)[O-])c1. The van der Waals surface area contributed by atoms with E-state index in [0.29, 0.717) is 26.9 Å². The zero-order chi connectivity index (χ0) is 23.5. The highest BCUT2D eigenvalue weighted by Crippen LogP contribution is 2.31. The highest BCUT2D eigenvalue weighted by atomic mass is 35.5. The van der Waals surface area contributed by atoms with Gasteiger partial charge in [-0.3, -0.25) is 25.1 Å². The van der Waals surface area contributed by atoms with Crippen molar-refractivity contribution in [2.24, 2.45) is 0 Å². The summed E-state index contributed by atoms with van der Waals surface area (Å²) >= 11 is 11.9. The number of hydrazine groups is 1. The van der Waals surface area contributed by atoms with E-state index in [1.54, 1.807) is 48.5 Å². The number of benzene rings is 3. The Morgan fingerprint density at radius 2 is 1.76 bits per heavy atom. The molecule has 0 aromatic heterocycles. The molecule has 8 nitrogen and oxygen atoms in total. The number of ether oxygens (including phenoxy) is 1. The first kappa shape index (κ1) is 22.3. The average Bonchev–Trinajstić information content (AvgIpc) is 3.09. The lowest BCUT2D eigenvalue weighted by molar-refractivity contribution is -0.386. The number of hydrogen-bond acceptors (Lipinski definition) is 5. The second-order valence-electron chi connectivity index (χ2n) is 7.00. The van der Waals surface area contributed by atoms with Crippen LogP contribution in [0.5, 0.6) is 5.75 Å². The van der Waals surface area contributed by atoms with Crippen molar-refractivity contribution in [1.82, 2.24) is 5.43 Å². The molecule has 0 atom stereocenters. The van der Waals surface area contributed by atoms with E-state index in [4.69, 9.17) is 27.9 Å². The van der Waals surface area contributed by atoms with Gasteiger partial charge in [-0.05, 0) is 47.5 Å². The lowest BCUT2D eigenvalue weighted by Gasteiger charge is -2.13. The molecule has 3 aromatic carbocycles. The summed E-state index contributed by atoms with van der Waals surface area (Å²) in [5.74, 6) is -1.14. The summed E-state index contributed by atoms with van der Waals surface area (Å²) in [7, 11) is 0. The van der Waals surface area contributed by atoms with E-state index >= 15 is 0 Å². The Kier molecular flexibility index (Phi) is 6.30. The summed E-state index contributed by atoms with van der Waals surface area (Å²) in [5.41, 5.74) is 3.51. The number of nitro benzene ring substituents is 1. The number of rotatable bonds is 6. The van der Waals surface area contributed by atoms with Crippen LogP contribution < -0.4 is 15.2 Å². The van der Waals surface area contributed by atoms with Crippen LogP contribution in [-0.2, 0) is 16.2 Å². The molecule has 1 aliphatic rings. The van der Waals surface area contributed by atoms with Crippen LogP contribution in [0.15, 0.2) is 72.3 Å². The quantitative estimate of drug-likeness (QED) is 0.231. The smallest absolute Gasteiger partial charge is 0.311 e. The zero-order valence-electron chi connectivity index (χ0n) is 16.8. The highest BCUT2D eigenvalue weighted by molar-refractivity contribution is 6.42. The number of nitro groups is 1. The Hall–Kier alpha value is -3.88. The number of para-hydroxylation sites is 1. The standard InChI is InChI=1S/C23H15Cl2N3O5/c24-18-8-6-15(11-19(18)25)13-33-21-9-7-14(12-20(21)28(31)32)10-17-22(29)26-27(23(17)30)16-4-2-1-3-5-16/h1-12H,13H2,(H,26,29)/b17-10-. The summed E-state index contributed by atoms with van der Waals surface area (Å²) in [6.45, 7) is 0.0328. The number of carbonyl (C=O) groups excluding carboxylic acids is 2. The van der Waals surface area contributed by atoms with Crippen LogP contribution in [0, 0.1) is 10.1 Å². The molecule has 3 aromatic rings. The molecular weight excluding hydrogens is 469 g/mol.